The average molecular weight is 196 g/mol. The Morgan fingerprint density at radius 2 is 2.38 bits per heavy atom. The summed E-state index contributed by atoms with van der Waals surface area (Å²) >= 11 is 1.53. The SMILES string of the molecule is CC(=O)N1CCc2c(C)nsc2C1. The Morgan fingerprint density at radius 1 is 1.62 bits per heavy atom. The van der Waals surface area contributed by atoms with Gasteiger partial charge in [0.2, 0.25) is 5.91 Å². The molecule has 0 bridgehead atoms. The van der Waals surface area contributed by atoms with Crippen LogP contribution < -0.4 is 0 Å². The molecular weight excluding hydrogens is 184 g/mol. The summed E-state index contributed by atoms with van der Waals surface area (Å²) in [6, 6.07) is 0. The van der Waals surface area contributed by atoms with Gasteiger partial charge in [0.15, 0.2) is 0 Å². The van der Waals surface area contributed by atoms with E-state index in [0.717, 1.165) is 25.2 Å². The van der Waals surface area contributed by atoms with Crippen LogP contribution in [0.25, 0.3) is 0 Å². The van der Waals surface area contributed by atoms with Gasteiger partial charge in [-0.15, -0.1) is 0 Å². The van der Waals surface area contributed by atoms with Crippen LogP contribution in [0.5, 0.6) is 0 Å². The molecule has 0 radical (unpaired) electrons. The van der Waals surface area contributed by atoms with Crippen molar-refractivity contribution in [1.29, 1.82) is 0 Å². The summed E-state index contributed by atoms with van der Waals surface area (Å²) in [5.41, 5.74) is 2.51. The van der Waals surface area contributed by atoms with Gasteiger partial charge in [0.05, 0.1) is 12.2 Å². The summed E-state index contributed by atoms with van der Waals surface area (Å²) in [5, 5.41) is 0. The van der Waals surface area contributed by atoms with Crippen LogP contribution in [0.15, 0.2) is 0 Å². The highest BCUT2D eigenvalue weighted by atomic mass is 32.1. The third kappa shape index (κ3) is 1.46. The number of hydrogen-bond acceptors (Lipinski definition) is 3. The smallest absolute Gasteiger partial charge is 0.219 e. The molecule has 0 atom stereocenters. The van der Waals surface area contributed by atoms with E-state index in [9.17, 15) is 4.79 Å². The fourth-order valence-electron chi connectivity index (χ4n) is 1.65. The molecule has 2 rings (SSSR count). The summed E-state index contributed by atoms with van der Waals surface area (Å²) in [6.45, 7) is 5.27. The molecule has 0 unspecified atom stereocenters. The van der Waals surface area contributed by atoms with Crippen LogP contribution in [0.3, 0.4) is 0 Å². The summed E-state index contributed by atoms with van der Waals surface area (Å²) in [7, 11) is 0. The molecule has 1 aliphatic rings. The Kier molecular flexibility index (Phi) is 2.07. The van der Waals surface area contributed by atoms with Crippen LogP contribution in [-0.4, -0.2) is 21.7 Å². The van der Waals surface area contributed by atoms with E-state index in [-0.39, 0.29) is 5.91 Å². The maximum absolute atomic E-state index is 11.1. The minimum absolute atomic E-state index is 0.164. The fraction of sp³-hybridized carbons (Fsp3) is 0.556. The predicted molar refractivity (Wildman–Crippen MR) is 51.6 cm³/mol. The minimum Gasteiger partial charge on any atom is -0.337 e. The maximum atomic E-state index is 11.1. The first-order chi connectivity index (χ1) is 6.18. The van der Waals surface area contributed by atoms with Crippen LogP contribution in [0.2, 0.25) is 0 Å². The second-order valence-electron chi connectivity index (χ2n) is 3.36. The zero-order valence-electron chi connectivity index (χ0n) is 7.83. The van der Waals surface area contributed by atoms with E-state index < -0.39 is 0 Å². The number of carbonyl (C=O) groups is 1. The van der Waals surface area contributed by atoms with Crippen molar-refractivity contribution in [1.82, 2.24) is 9.27 Å². The Balaban J connectivity index is 2.25. The molecule has 0 saturated heterocycles. The van der Waals surface area contributed by atoms with Crippen molar-refractivity contribution in [3.63, 3.8) is 0 Å². The van der Waals surface area contributed by atoms with E-state index >= 15 is 0 Å². The van der Waals surface area contributed by atoms with Crippen LogP contribution >= 0.6 is 11.5 Å². The summed E-state index contributed by atoms with van der Waals surface area (Å²) in [6.07, 6.45) is 0.969. The number of aromatic nitrogens is 1. The Hall–Kier alpha value is -0.900. The molecule has 1 aromatic rings. The lowest BCUT2D eigenvalue weighted by molar-refractivity contribution is -0.129. The molecule has 1 aromatic heterocycles. The molecule has 0 N–H and O–H groups in total. The van der Waals surface area contributed by atoms with Crippen LogP contribution in [-0.2, 0) is 17.8 Å². The molecule has 0 aromatic carbocycles. The number of fused-ring (bicyclic) bond motifs is 1. The van der Waals surface area contributed by atoms with Gasteiger partial charge in [-0.2, -0.15) is 4.37 Å². The van der Waals surface area contributed by atoms with Crippen molar-refractivity contribution in [3.05, 3.63) is 16.1 Å². The van der Waals surface area contributed by atoms with E-state index in [1.54, 1.807) is 6.92 Å². The van der Waals surface area contributed by atoms with Gasteiger partial charge < -0.3 is 4.90 Å². The quantitative estimate of drug-likeness (QED) is 0.627. The van der Waals surface area contributed by atoms with Gasteiger partial charge in [0.1, 0.15) is 0 Å². The van der Waals surface area contributed by atoms with E-state index in [1.165, 1.54) is 22.0 Å². The molecule has 0 aliphatic carbocycles. The van der Waals surface area contributed by atoms with Gasteiger partial charge in [-0.25, -0.2) is 0 Å². The van der Waals surface area contributed by atoms with Gasteiger partial charge in [0, 0.05) is 18.3 Å². The summed E-state index contributed by atoms with van der Waals surface area (Å²) in [4.78, 5) is 14.3. The van der Waals surface area contributed by atoms with Crippen molar-refractivity contribution < 1.29 is 4.79 Å². The normalized spacial score (nSPS) is 15.7. The molecule has 4 heteroatoms. The first kappa shape index (κ1) is 8.69. The average Bonchev–Trinajstić information content (AvgIpc) is 2.47. The monoisotopic (exact) mass is 196 g/mol. The molecule has 3 nitrogen and oxygen atoms in total. The summed E-state index contributed by atoms with van der Waals surface area (Å²) in [5.74, 6) is 0.164. The number of aryl methyl sites for hydroxylation is 1. The second kappa shape index (κ2) is 3.10. The molecule has 13 heavy (non-hydrogen) atoms. The highest BCUT2D eigenvalue weighted by Crippen LogP contribution is 2.25. The van der Waals surface area contributed by atoms with Crippen molar-refractivity contribution >= 4 is 17.4 Å². The first-order valence-corrected chi connectivity index (χ1v) is 5.15. The third-order valence-electron chi connectivity index (χ3n) is 2.48. The lowest BCUT2D eigenvalue weighted by Crippen LogP contribution is -2.33. The molecular formula is C9H12N2OS. The standard InChI is InChI=1S/C9H12N2OS/c1-6-8-3-4-11(7(2)12)5-9(8)13-10-6/h3-5H2,1-2H3. The van der Waals surface area contributed by atoms with Crippen molar-refractivity contribution in [2.45, 2.75) is 26.8 Å². The van der Waals surface area contributed by atoms with Crippen LogP contribution in [0, 0.1) is 6.92 Å². The highest BCUT2D eigenvalue weighted by molar-refractivity contribution is 7.06. The van der Waals surface area contributed by atoms with Gasteiger partial charge in [0.25, 0.3) is 0 Å². The van der Waals surface area contributed by atoms with E-state index in [2.05, 4.69) is 4.37 Å². The topological polar surface area (TPSA) is 33.2 Å². The predicted octanol–water partition coefficient (Wildman–Crippen LogP) is 1.36. The lowest BCUT2D eigenvalue weighted by Gasteiger charge is -2.25. The van der Waals surface area contributed by atoms with Crippen molar-refractivity contribution in [2.24, 2.45) is 0 Å². The highest BCUT2D eigenvalue weighted by Gasteiger charge is 2.21. The molecule has 0 spiro atoms. The summed E-state index contributed by atoms with van der Waals surface area (Å²) < 4.78 is 4.30. The van der Waals surface area contributed by atoms with E-state index in [0.29, 0.717) is 0 Å². The number of rotatable bonds is 0. The van der Waals surface area contributed by atoms with Gasteiger partial charge in [-0.05, 0) is 30.4 Å². The van der Waals surface area contributed by atoms with Gasteiger partial charge in [-0.3, -0.25) is 4.79 Å². The Morgan fingerprint density at radius 3 is 3.08 bits per heavy atom. The first-order valence-electron chi connectivity index (χ1n) is 4.38. The van der Waals surface area contributed by atoms with Gasteiger partial charge >= 0.3 is 0 Å². The number of nitrogens with zero attached hydrogens (tertiary/aromatic N) is 2. The van der Waals surface area contributed by atoms with Crippen LogP contribution in [0.4, 0.5) is 0 Å². The minimum atomic E-state index is 0.164. The zero-order chi connectivity index (χ0) is 9.42. The van der Waals surface area contributed by atoms with E-state index in [4.69, 9.17) is 0 Å². The van der Waals surface area contributed by atoms with Gasteiger partial charge in [-0.1, -0.05) is 0 Å². The number of amides is 1. The molecule has 0 saturated carbocycles. The van der Waals surface area contributed by atoms with E-state index in [1.807, 2.05) is 11.8 Å². The molecule has 1 aliphatic heterocycles. The Labute approximate surface area is 81.5 Å². The molecule has 1 amide bonds. The maximum Gasteiger partial charge on any atom is 0.219 e. The number of hydrogen-bond donors (Lipinski definition) is 0. The van der Waals surface area contributed by atoms with Crippen LogP contribution in [0.1, 0.15) is 23.1 Å². The van der Waals surface area contributed by atoms with Crippen molar-refractivity contribution in [3.8, 4) is 0 Å². The fourth-order valence-corrected chi connectivity index (χ4v) is 2.58. The second-order valence-corrected chi connectivity index (χ2v) is 4.22. The largest absolute Gasteiger partial charge is 0.337 e. The molecule has 2 heterocycles. The molecule has 0 fully saturated rings. The number of carbonyl (C=O) groups excluding carboxylic acids is 1. The lowest BCUT2D eigenvalue weighted by atomic mass is 10.1. The Bertz CT molecular complexity index is 345. The van der Waals surface area contributed by atoms with Crippen molar-refractivity contribution in [2.75, 3.05) is 6.54 Å². The third-order valence-corrected chi connectivity index (χ3v) is 3.44. The zero-order valence-corrected chi connectivity index (χ0v) is 8.65. The molecule has 70 valence electrons.